The lowest BCUT2D eigenvalue weighted by molar-refractivity contribution is 0.101. The number of carbonyl (C=O) groups excluding carboxylic acids is 1. The zero-order valence-electron chi connectivity index (χ0n) is 18.5. The van der Waals surface area contributed by atoms with Crippen LogP contribution in [0.5, 0.6) is 0 Å². The molecule has 0 saturated heterocycles. The number of anilines is 1. The Morgan fingerprint density at radius 3 is 2.28 bits per heavy atom. The second-order valence-electron chi connectivity index (χ2n) is 8.22. The molecule has 2 aromatic rings. The summed E-state index contributed by atoms with van der Waals surface area (Å²) in [6, 6.07) is 16.9. The van der Waals surface area contributed by atoms with E-state index in [1.165, 1.54) is 35.5 Å². The third-order valence-electron chi connectivity index (χ3n) is 5.72. The Labute approximate surface area is 175 Å². The minimum Gasteiger partial charge on any atom is -0.314 e. The molecule has 0 amide bonds. The molecule has 0 radical (unpaired) electrons. The van der Waals surface area contributed by atoms with Crippen molar-refractivity contribution in [2.45, 2.75) is 60.3 Å². The highest BCUT2D eigenvalue weighted by molar-refractivity contribution is 5.96. The van der Waals surface area contributed by atoms with Gasteiger partial charge in [-0.3, -0.25) is 4.79 Å². The summed E-state index contributed by atoms with van der Waals surface area (Å²) in [4.78, 5) is 14.5. The van der Waals surface area contributed by atoms with Crippen LogP contribution in [-0.2, 0) is 6.42 Å². The Balaban J connectivity index is 2.13. The van der Waals surface area contributed by atoms with Gasteiger partial charge in [-0.15, -0.1) is 0 Å². The maximum Gasteiger partial charge on any atom is 0.160 e. The van der Waals surface area contributed by atoms with Gasteiger partial charge in [0.05, 0.1) is 0 Å². The van der Waals surface area contributed by atoms with E-state index in [1.807, 2.05) is 6.07 Å². The first kappa shape index (κ1) is 21.1. The van der Waals surface area contributed by atoms with Gasteiger partial charge < -0.3 is 4.90 Å². The average molecular weight is 388 g/mol. The van der Waals surface area contributed by atoms with E-state index in [0.717, 1.165) is 35.4 Å². The van der Waals surface area contributed by atoms with Crippen LogP contribution in [0.1, 0.15) is 75.4 Å². The summed E-state index contributed by atoms with van der Waals surface area (Å²) in [5.41, 5.74) is 8.22. The van der Waals surface area contributed by atoms with Crippen molar-refractivity contribution in [1.29, 1.82) is 0 Å². The number of rotatable bonds is 8. The summed E-state index contributed by atoms with van der Waals surface area (Å²) in [5.74, 6) is 0.935. The molecule has 1 aliphatic carbocycles. The van der Waals surface area contributed by atoms with Crippen molar-refractivity contribution >= 4 is 17.2 Å². The Bertz CT molecular complexity index is 928. The minimum absolute atomic E-state index is 0.133. The number of benzene rings is 2. The predicted octanol–water partition coefficient (Wildman–Crippen LogP) is 7.41. The number of aryl methyl sites for hydroxylation is 1. The van der Waals surface area contributed by atoms with Gasteiger partial charge in [-0.05, 0) is 88.6 Å². The summed E-state index contributed by atoms with van der Waals surface area (Å²) in [7, 11) is 0. The van der Waals surface area contributed by atoms with Gasteiger partial charge in [-0.25, -0.2) is 0 Å². The molecule has 2 heteroatoms. The van der Waals surface area contributed by atoms with E-state index in [1.54, 1.807) is 6.92 Å². The number of para-hydroxylation sites is 1. The van der Waals surface area contributed by atoms with Gasteiger partial charge in [-0.1, -0.05) is 48.9 Å². The molecule has 1 saturated carbocycles. The molecule has 0 heterocycles. The molecule has 0 unspecified atom stereocenters. The normalized spacial score (nSPS) is 13.9. The number of hydrogen-bond donors (Lipinski definition) is 0. The largest absolute Gasteiger partial charge is 0.314 e. The van der Waals surface area contributed by atoms with Crippen LogP contribution in [0.4, 0.5) is 5.69 Å². The molecular weight excluding hydrogens is 354 g/mol. The topological polar surface area (TPSA) is 20.3 Å². The van der Waals surface area contributed by atoms with Gasteiger partial charge in [0, 0.05) is 22.6 Å². The van der Waals surface area contributed by atoms with E-state index in [-0.39, 0.29) is 5.78 Å². The molecule has 0 atom stereocenters. The number of hydrogen-bond acceptors (Lipinski definition) is 2. The van der Waals surface area contributed by atoms with Gasteiger partial charge in [0.25, 0.3) is 0 Å². The predicted molar refractivity (Wildman–Crippen MR) is 124 cm³/mol. The fraction of sp³-hybridized carbons (Fsp3) is 0.370. The number of Topliss-reactive ketones (excluding diaryl/α,β-unsaturated/α-hetero) is 1. The summed E-state index contributed by atoms with van der Waals surface area (Å²) >= 11 is 0. The Morgan fingerprint density at radius 1 is 1.07 bits per heavy atom. The van der Waals surface area contributed by atoms with Gasteiger partial charge >= 0.3 is 0 Å². The first-order chi connectivity index (χ1) is 14.0. The van der Waals surface area contributed by atoms with Gasteiger partial charge in [-0.2, -0.15) is 0 Å². The number of allylic oxidation sites excluding steroid dienone is 3. The van der Waals surface area contributed by atoms with Crippen LogP contribution in [-0.4, -0.2) is 5.78 Å². The van der Waals surface area contributed by atoms with Crippen LogP contribution in [0, 0.1) is 5.92 Å². The van der Waals surface area contributed by atoms with Crippen LogP contribution in [0.25, 0.3) is 5.70 Å². The van der Waals surface area contributed by atoms with E-state index < -0.39 is 0 Å². The monoisotopic (exact) mass is 387 g/mol. The van der Waals surface area contributed by atoms with Crippen molar-refractivity contribution in [2.24, 2.45) is 5.92 Å². The average Bonchev–Trinajstić information content (AvgIpc) is 3.54. The lowest BCUT2D eigenvalue weighted by atomic mass is 9.96. The summed E-state index contributed by atoms with van der Waals surface area (Å²) in [6.45, 7) is 10.3. The smallest absolute Gasteiger partial charge is 0.160 e. The van der Waals surface area contributed by atoms with Gasteiger partial charge in [0.1, 0.15) is 0 Å². The Morgan fingerprint density at radius 2 is 1.76 bits per heavy atom. The summed E-state index contributed by atoms with van der Waals surface area (Å²) in [6.07, 6.45) is 6.82. The molecule has 0 bridgehead atoms. The molecule has 152 valence electrons. The van der Waals surface area contributed by atoms with E-state index in [9.17, 15) is 4.79 Å². The molecule has 2 aromatic carbocycles. The maximum atomic E-state index is 12.0. The van der Waals surface area contributed by atoms with Crippen molar-refractivity contribution in [3.63, 3.8) is 0 Å². The van der Waals surface area contributed by atoms with Crippen LogP contribution < -0.4 is 4.90 Å². The fourth-order valence-electron chi connectivity index (χ4n) is 3.95. The quantitative estimate of drug-likeness (QED) is 0.439. The van der Waals surface area contributed by atoms with Gasteiger partial charge in [0.15, 0.2) is 5.78 Å². The molecule has 2 nitrogen and oxygen atoms in total. The summed E-state index contributed by atoms with van der Waals surface area (Å²) in [5, 5.41) is 0. The van der Waals surface area contributed by atoms with Crippen molar-refractivity contribution in [1.82, 2.24) is 0 Å². The Kier molecular flexibility index (Phi) is 6.74. The number of nitrogens with zero attached hydrogens (tertiary/aromatic N) is 1. The highest BCUT2D eigenvalue weighted by Gasteiger charge is 2.28. The molecular formula is C27H33NO. The van der Waals surface area contributed by atoms with Crippen molar-refractivity contribution in [3.05, 3.63) is 82.6 Å². The second-order valence-corrected chi connectivity index (χ2v) is 8.22. The molecule has 0 aliphatic heterocycles. The third kappa shape index (κ3) is 4.87. The first-order valence-electron chi connectivity index (χ1n) is 10.8. The standard InChI is InChI=1S/C27H33NO/c1-6-22-18-23(15-16-25(22)20(5)29)26(7-2)28(24-11-9-8-10-12-24)27(19(3)4)17-21-13-14-21/h7-12,15-16,18,21H,6,13-14,17H2,1-5H3/b26-7-. The molecule has 1 fully saturated rings. The molecule has 3 rings (SSSR count). The Hall–Kier alpha value is -2.61. The molecule has 29 heavy (non-hydrogen) atoms. The molecule has 0 aromatic heterocycles. The summed E-state index contributed by atoms with van der Waals surface area (Å²) < 4.78 is 0. The molecule has 0 spiro atoms. The van der Waals surface area contributed by atoms with E-state index in [0.29, 0.717) is 0 Å². The third-order valence-corrected chi connectivity index (χ3v) is 5.72. The zero-order valence-corrected chi connectivity index (χ0v) is 18.5. The second kappa shape index (κ2) is 9.26. The van der Waals surface area contributed by atoms with E-state index in [2.05, 4.69) is 81.1 Å². The first-order valence-corrected chi connectivity index (χ1v) is 10.8. The van der Waals surface area contributed by atoms with Crippen molar-refractivity contribution in [3.8, 4) is 0 Å². The lowest BCUT2D eigenvalue weighted by Crippen LogP contribution is -2.23. The van der Waals surface area contributed by atoms with E-state index in [4.69, 9.17) is 0 Å². The van der Waals surface area contributed by atoms with Crippen molar-refractivity contribution < 1.29 is 4.79 Å². The molecule has 1 aliphatic rings. The minimum atomic E-state index is 0.133. The highest BCUT2D eigenvalue weighted by atomic mass is 16.1. The molecule has 0 N–H and O–H groups in total. The van der Waals surface area contributed by atoms with Gasteiger partial charge in [0.2, 0.25) is 0 Å². The lowest BCUT2D eigenvalue weighted by Gasteiger charge is -2.32. The number of carbonyl (C=O) groups is 1. The SMILES string of the molecule is C/C=C(/c1ccc(C(C)=O)c(CC)c1)N(C(CC1CC1)=C(C)C)c1ccccc1. The maximum absolute atomic E-state index is 12.0. The van der Waals surface area contributed by atoms with Crippen molar-refractivity contribution in [2.75, 3.05) is 4.90 Å². The van der Waals surface area contributed by atoms with Crippen LogP contribution in [0.2, 0.25) is 0 Å². The van der Waals surface area contributed by atoms with Crippen LogP contribution >= 0.6 is 0 Å². The zero-order chi connectivity index (χ0) is 21.0. The van der Waals surface area contributed by atoms with E-state index >= 15 is 0 Å². The fourth-order valence-corrected chi connectivity index (χ4v) is 3.95. The highest BCUT2D eigenvalue weighted by Crippen LogP contribution is 2.41. The van der Waals surface area contributed by atoms with Crippen LogP contribution in [0.15, 0.2) is 65.9 Å². The van der Waals surface area contributed by atoms with Crippen LogP contribution in [0.3, 0.4) is 0 Å². The number of ketones is 1.